The lowest BCUT2D eigenvalue weighted by Gasteiger charge is -2.13. The first-order valence-electron chi connectivity index (χ1n) is 19.7. The maximum atomic E-state index is 5.10. The van der Waals surface area contributed by atoms with Crippen LogP contribution < -0.4 is 0 Å². The van der Waals surface area contributed by atoms with Gasteiger partial charge in [0.1, 0.15) is 0 Å². The predicted octanol–water partition coefficient (Wildman–Crippen LogP) is 13.1. The minimum absolute atomic E-state index is 0.820. The molecule has 0 N–H and O–H groups in total. The summed E-state index contributed by atoms with van der Waals surface area (Å²) >= 11 is 0. The number of aliphatic imine (C=N–C) groups is 4. The summed E-state index contributed by atoms with van der Waals surface area (Å²) in [6, 6.07) is 33.9. The van der Waals surface area contributed by atoms with Crippen LogP contribution in [0.1, 0.15) is 106 Å². The Hall–Kier alpha value is -6.14. The second-order valence-corrected chi connectivity index (χ2v) is 15.6. The quantitative estimate of drug-likeness (QED) is 0.131. The monoisotopic (exact) mass is 750 g/mol. The van der Waals surface area contributed by atoms with Gasteiger partial charge in [-0.1, -0.05) is 48.5 Å². The number of hydrogen-bond donors (Lipinski definition) is 0. The second-order valence-electron chi connectivity index (χ2n) is 15.6. The number of pyridine rings is 2. The van der Waals surface area contributed by atoms with Gasteiger partial charge in [0.25, 0.3) is 0 Å². The summed E-state index contributed by atoms with van der Waals surface area (Å²) in [6.45, 7) is 25.0. The zero-order chi connectivity index (χ0) is 41.0. The molecule has 0 saturated heterocycles. The van der Waals surface area contributed by atoms with Crippen LogP contribution in [0.5, 0.6) is 0 Å². The van der Waals surface area contributed by atoms with Crippen molar-refractivity contribution in [2.24, 2.45) is 20.0 Å². The van der Waals surface area contributed by atoms with Crippen LogP contribution >= 0.6 is 0 Å². The Bertz CT molecular complexity index is 2350. The molecule has 288 valence electrons. The molecule has 2 heterocycles. The molecule has 0 atom stereocenters. The molecule has 0 aliphatic carbocycles. The second kappa shape index (κ2) is 17.3. The summed E-state index contributed by atoms with van der Waals surface area (Å²) in [5.41, 5.74) is 22.6. The molecule has 4 aromatic carbocycles. The normalized spacial score (nSPS) is 12.7. The molecule has 0 radical (unpaired) electrons. The van der Waals surface area contributed by atoms with E-state index in [1.165, 1.54) is 33.4 Å². The molecular formula is C51H54N6. The summed E-state index contributed by atoms with van der Waals surface area (Å²) in [5, 5.41) is 0. The lowest BCUT2D eigenvalue weighted by atomic mass is 9.96. The third kappa shape index (κ3) is 10.2. The van der Waals surface area contributed by atoms with Gasteiger partial charge in [0, 0.05) is 0 Å². The van der Waals surface area contributed by atoms with Crippen LogP contribution in [0.25, 0.3) is 0 Å². The summed E-state index contributed by atoms with van der Waals surface area (Å²) in [6.07, 6.45) is 0.820. The van der Waals surface area contributed by atoms with Crippen molar-refractivity contribution in [1.29, 1.82) is 0 Å². The Balaban J connectivity index is 1.19. The van der Waals surface area contributed by atoms with Crippen molar-refractivity contribution in [2.75, 3.05) is 0 Å². The first-order valence-corrected chi connectivity index (χ1v) is 19.7. The minimum atomic E-state index is 0.820. The number of aryl methyl sites for hydroxylation is 8. The molecular weight excluding hydrogens is 697 g/mol. The lowest BCUT2D eigenvalue weighted by Crippen LogP contribution is -2.05. The van der Waals surface area contributed by atoms with Gasteiger partial charge in [0.05, 0.1) is 68.4 Å². The molecule has 57 heavy (non-hydrogen) atoms. The van der Waals surface area contributed by atoms with Gasteiger partial charge in [-0.25, -0.2) is 9.97 Å². The van der Waals surface area contributed by atoms with Crippen molar-refractivity contribution in [2.45, 2.75) is 89.5 Å². The van der Waals surface area contributed by atoms with Gasteiger partial charge in [0.15, 0.2) is 0 Å². The highest BCUT2D eigenvalue weighted by molar-refractivity contribution is 6.03. The molecule has 0 spiro atoms. The highest BCUT2D eigenvalue weighted by Gasteiger charge is 2.12. The predicted molar refractivity (Wildman–Crippen MR) is 242 cm³/mol. The molecule has 0 fully saturated rings. The van der Waals surface area contributed by atoms with Crippen LogP contribution in [0, 0.1) is 55.4 Å². The van der Waals surface area contributed by atoms with E-state index in [2.05, 4.69) is 116 Å². The van der Waals surface area contributed by atoms with Gasteiger partial charge in [-0.15, -0.1) is 0 Å². The Kier molecular flexibility index (Phi) is 12.3. The Labute approximate surface area is 339 Å². The zero-order valence-corrected chi connectivity index (χ0v) is 35.6. The summed E-state index contributed by atoms with van der Waals surface area (Å²) in [4.78, 5) is 29.9. The average Bonchev–Trinajstić information content (AvgIpc) is 3.13. The van der Waals surface area contributed by atoms with Crippen molar-refractivity contribution in [1.82, 2.24) is 9.97 Å². The van der Waals surface area contributed by atoms with E-state index in [0.717, 1.165) is 97.0 Å². The SMILES string of the molecule is CC(=Nc1cc(C)cc(C)c1)c1cccc(C(C)=Nc2c(C)cc(Cc3cc(C)c(N=C(C)c4cccc(C(C)=Nc5cc(C)cc(C)c5)n4)c(C)c3)cc2C)n1. The van der Waals surface area contributed by atoms with E-state index in [1.807, 2.05) is 64.1 Å². The lowest BCUT2D eigenvalue weighted by molar-refractivity contribution is 1.14. The number of aromatic nitrogens is 2. The number of nitrogens with zero attached hydrogens (tertiary/aromatic N) is 6. The number of hydrogen-bond acceptors (Lipinski definition) is 6. The Morgan fingerprint density at radius 1 is 0.386 bits per heavy atom. The molecule has 6 rings (SSSR count). The van der Waals surface area contributed by atoms with E-state index < -0.39 is 0 Å². The highest BCUT2D eigenvalue weighted by Crippen LogP contribution is 2.31. The average molecular weight is 751 g/mol. The van der Waals surface area contributed by atoms with E-state index >= 15 is 0 Å². The molecule has 0 amide bonds. The summed E-state index contributed by atoms with van der Waals surface area (Å²) < 4.78 is 0. The molecule has 6 aromatic rings. The highest BCUT2D eigenvalue weighted by atomic mass is 14.8. The zero-order valence-electron chi connectivity index (χ0n) is 35.6. The molecule has 0 aliphatic rings. The summed E-state index contributed by atoms with van der Waals surface area (Å²) in [7, 11) is 0. The van der Waals surface area contributed by atoms with Crippen LogP contribution in [0.3, 0.4) is 0 Å². The van der Waals surface area contributed by atoms with E-state index in [0.29, 0.717) is 0 Å². The molecule has 0 unspecified atom stereocenters. The Morgan fingerprint density at radius 2 is 0.667 bits per heavy atom. The molecule has 0 bridgehead atoms. The van der Waals surface area contributed by atoms with Gasteiger partial charge < -0.3 is 0 Å². The first-order chi connectivity index (χ1) is 27.1. The largest absolute Gasteiger partial charge is 0.251 e. The van der Waals surface area contributed by atoms with Crippen molar-refractivity contribution >= 4 is 45.6 Å². The van der Waals surface area contributed by atoms with Gasteiger partial charge in [0.2, 0.25) is 0 Å². The first kappa shape index (κ1) is 40.5. The number of rotatable bonds is 10. The van der Waals surface area contributed by atoms with Crippen LogP contribution in [-0.2, 0) is 6.42 Å². The van der Waals surface area contributed by atoms with Crippen molar-refractivity contribution < 1.29 is 0 Å². The van der Waals surface area contributed by atoms with Crippen molar-refractivity contribution in [3.05, 3.63) is 175 Å². The fourth-order valence-electron chi connectivity index (χ4n) is 7.54. The standard InChI is InChI=1S/C51H54N6/c1-30-19-31(2)22-44(21-30)52-38(9)46-15-13-17-48(56-46)40(11)54-50-34(5)25-42(26-35(50)6)29-43-27-36(7)51(37(8)28-43)55-41(12)49-18-14-16-47(57-49)39(10)53-45-23-32(3)20-33(4)24-45/h13-28H,29H2,1-12H3. The molecule has 2 aromatic heterocycles. The fraction of sp³-hybridized carbons (Fsp3) is 0.255. The fourth-order valence-corrected chi connectivity index (χ4v) is 7.54. The van der Waals surface area contributed by atoms with Crippen LogP contribution in [0.15, 0.2) is 117 Å². The molecule has 6 heteroatoms. The smallest absolute Gasteiger partial charge is 0.0849 e. The van der Waals surface area contributed by atoms with Gasteiger partial charge in [-0.2, -0.15) is 0 Å². The van der Waals surface area contributed by atoms with Crippen LogP contribution in [0.2, 0.25) is 0 Å². The van der Waals surface area contributed by atoms with E-state index in [1.54, 1.807) is 0 Å². The van der Waals surface area contributed by atoms with Gasteiger partial charge in [-0.3, -0.25) is 20.0 Å². The maximum absolute atomic E-state index is 5.10. The van der Waals surface area contributed by atoms with Crippen molar-refractivity contribution in [3.63, 3.8) is 0 Å². The molecule has 0 saturated carbocycles. The van der Waals surface area contributed by atoms with E-state index in [-0.39, 0.29) is 0 Å². The van der Waals surface area contributed by atoms with E-state index in [4.69, 9.17) is 29.9 Å². The third-order valence-electron chi connectivity index (χ3n) is 10.1. The Morgan fingerprint density at radius 3 is 0.965 bits per heavy atom. The van der Waals surface area contributed by atoms with Crippen molar-refractivity contribution in [3.8, 4) is 0 Å². The third-order valence-corrected chi connectivity index (χ3v) is 10.1. The minimum Gasteiger partial charge on any atom is -0.251 e. The summed E-state index contributed by atoms with van der Waals surface area (Å²) in [5.74, 6) is 0. The van der Waals surface area contributed by atoms with Crippen LogP contribution in [0.4, 0.5) is 22.7 Å². The molecule has 6 nitrogen and oxygen atoms in total. The van der Waals surface area contributed by atoms with E-state index in [9.17, 15) is 0 Å². The molecule has 0 aliphatic heterocycles. The topological polar surface area (TPSA) is 75.2 Å². The van der Waals surface area contributed by atoms with Gasteiger partial charge in [-0.05, 0) is 194 Å². The van der Waals surface area contributed by atoms with Crippen LogP contribution in [-0.4, -0.2) is 32.8 Å². The maximum Gasteiger partial charge on any atom is 0.0849 e. The van der Waals surface area contributed by atoms with Gasteiger partial charge >= 0.3 is 0 Å². The number of benzene rings is 4.